The number of anilines is 18. The van der Waals surface area contributed by atoms with Gasteiger partial charge in [-0.25, -0.2) is 15.0 Å². The zero-order chi connectivity index (χ0) is 78.9. The van der Waals surface area contributed by atoms with Crippen molar-refractivity contribution in [3.05, 3.63) is 392 Å². The standard InChI is InChI=1S/C23H25N3.C21H20N2.2C20H19N3.C17H18N2/c1-16(2)19-14-22-23(24-15-19)25(20-11-6-5-7-12-20)18(4)26(22)21-13-9-8-10-17(21)3;1-16-10-6-7-13-19(16)23-17(2)22(18-11-4-3-5-12-18)20-14-8-9-15-21(20)23;1-15-9-6-7-12-18(15)23-16(2)22(17-10-4-3-5-11-17)20-19(23)13-8-14-21-20;1-15-9-6-7-12-18(15)23-16(2)22(17-10-4-3-5-11-17)19-13-8-14-21-20(19)23;1-14-8-6-7-11-17(14)19-13-12-18(15(19)2)16-9-4-3-5-10-16/h5-16,18H,1-4H3;3-15,17H,1-2H3;2*3-14,16H,1-2H3;3-13,15H,1-2H3/t18-;17-;2*16-;15-/m00000/s1. The minimum absolute atomic E-state index is 0.156. The van der Waals surface area contributed by atoms with E-state index in [-0.39, 0.29) is 24.7 Å². The number of pyridine rings is 3. The van der Waals surface area contributed by atoms with Crippen molar-refractivity contribution in [2.75, 3.05) is 49.0 Å². The molecule has 0 aliphatic carbocycles. The molecule has 8 heterocycles. The first kappa shape index (κ1) is 76.0. The Hall–Kier alpha value is -13.4. The van der Waals surface area contributed by atoms with Gasteiger partial charge in [0.05, 0.1) is 28.4 Å². The molecule has 0 bridgehead atoms. The molecule has 114 heavy (non-hydrogen) atoms. The van der Waals surface area contributed by atoms with Gasteiger partial charge in [-0.1, -0.05) is 208 Å². The Morgan fingerprint density at radius 2 is 0.500 bits per heavy atom. The summed E-state index contributed by atoms with van der Waals surface area (Å²) >= 11 is 0. The fourth-order valence-electron chi connectivity index (χ4n) is 16.5. The summed E-state index contributed by atoms with van der Waals surface area (Å²) in [5.74, 6) is 3.50. The third-order valence-corrected chi connectivity index (χ3v) is 22.2. The zero-order valence-corrected chi connectivity index (χ0v) is 67.3. The van der Waals surface area contributed by atoms with Crippen LogP contribution in [0.3, 0.4) is 0 Å². The van der Waals surface area contributed by atoms with Gasteiger partial charge < -0.3 is 49.0 Å². The molecular weight excluding hydrogens is 1400 g/mol. The molecule has 0 N–H and O–H groups in total. The van der Waals surface area contributed by atoms with Crippen LogP contribution >= 0.6 is 0 Å². The van der Waals surface area contributed by atoms with Crippen LogP contribution in [0.2, 0.25) is 0 Å². The van der Waals surface area contributed by atoms with Gasteiger partial charge in [0.15, 0.2) is 17.5 Å². The monoisotopic (exact) mass is 1500 g/mol. The lowest BCUT2D eigenvalue weighted by Gasteiger charge is -2.31. The van der Waals surface area contributed by atoms with Crippen LogP contribution in [-0.2, 0) is 0 Å². The molecule has 14 aromatic rings. The number of fused-ring (bicyclic) bond motifs is 4. The van der Waals surface area contributed by atoms with Crippen molar-refractivity contribution in [2.24, 2.45) is 0 Å². The van der Waals surface area contributed by atoms with Crippen LogP contribution in [0.1, 0.15) is 87.8 Å². The summed E-state index contributed by atoms with van der Waals surface area (Å²) in [5, 5.41) is 0. The van der Waals surface area contributed by atoms with Crippen LogP contribution in [0.4, 0.5) is 103 Å². The number of hydrogen-bond acceptors (Lipinski definition) is 13. The lowest BCUT2D eigenvalue weighted by Crippen LogP contribution is -2.36. The second-order valence-electron chi connectivity index (χ2n) is 29.8. The molecule has 13 heteroatoms. The molecule has 5 aliphatic heterocycles. The molecule has 13 nitrogen and oxygen atoms in total. The Morgan fingerprint density at radius 1 is 0.228 bits per heavy atom. The highest BCUT2D eigenvalue weighted by molar-refractivity contribution is 5.91. The smallest absolute Gasteiger partial charge is 0.158 e. The van der Waals surface area contributed by atoms with Gasteiger partial charge in [0, 0.05) is 87.9 Å². The molecule has 0 saturated carbocycles. The van der Waals surface area contributed by atoms with E-state index in [1.165, 1.54) is 102 Å². The molecule has 5 atom stereocenters. The number of para-hydroxylation sites is 12. The van der Waals surface area contributed by atoms with Crippen molar-refractivity contribution in [3.63, 3.8) is 0 Å². The van der Waals surface area contributed by atoms with Gasteiger partial charge in [0.2, 0.25) is 0 Å². The third-order valence-electron chi connectivity index (χ3n) is 22.2. The second kappa shape index (κ2) is 34.1. The van der Waals surface area contributed by atoms with Crippen molar-refractivity contribution < 1.29 is 0 Å². The third kappa shape index (κ3) is 15.2. The van der Waals surface area contributed by atoms with E-state index in [1.807, 2.05) is 48.9 Å². The van der Waals surface area contributed by atoms with E-state index in [9.17, 15) is 0 Å². The predicted octanol–water partition coefficient (Wildman–Crippen LogP) is 26.0. The van der Waals surface area contributed by atoms with Crippen molar-refractivity contribution in [1.82, 2.24) is 15.0 Å². The Kier molecular flexibility index (Phi) is 22.7. The number of aromatic nitrogens is 3. The highest BCUT2D eigenvalue weighted by Gasteiger charge is 2.41. The average Bonchev–Trinajstić information content (AvgIpc) is 1.60. The fourth-order valence-corrected chi connectivity index (χ4v) is 16.5. The van der Waals surface area contributed by atoms with Crippen LogP contribution < -0.4 is 49.0 Å². The van der Waals surface area contributed by atoms with Crippen LogP contribution in [0, 0.1) is 34.6 Å². The lowest BCUT2D eigenvalue weighted by molar-refractivity contribution is 0.748. The van der Waals surface area contributed by atoms with Gasteiger partial charge >= 0.3 is 0 Å². The minimum atomic E-state index is 0.156. The summed E-state index contributed by atoms with van der Waals surface area (Å²) in [6.45, 7) is 26.4. The maximum absolute atomic E-state index is 4.88. The Balaban J connectivity index is 0.000000113. The molecule has 0 spiro atoms. The summed E-state index contributed by atoms with van der Waals surface area (Å²) < 4.78 is 0. The summed E-state index contributed by atoms with van der Waals surface area (Å²) in [5.41, 5.74) is 25.8. The molecule has 0 fully saturated rings. The molecule has 11 aromatic carbocycles. The summed E-state index contributed by atoms with van der Waals surface area (Å²) in [4.78, 5) is 37.7. The van der Waals surface area contributed by atoms with Crippen molar-refractivity contribution in [3.8, 4) is 0 Å². The molecule has 0 amide bonds. The number of aryl methyl sites for hydroxylation is 5. The van der Waals surface area contributed by atoms with Crippen LogP contribution in [0.15, 0.2) is 359 Å². The van der Waals surface area contributed by atoms with E-state index in [4.69, 9.17) is 4.98 Å². The molecule has 0 unspecified atom stereocenters. The Bertz CT molecular complexity index is 5250. The Morgan fingerprint density at radius 3 is 0.912 bits per heavy atom. The predicted molar refractivity (Wildman–Crippen MR) is 480 cm³/mol. The molecule has 5 aliphatic rings. The van der Waals surface area contributed by atoms with Gasteiger partial charge in [0.25, 0.3) is 0 Å². The molecule has 0 saturated heterocycles. The van der Waals surface area contributed by atoms with E-state index in [2.05, 4.69) is 452 Å². The Labute approximate surface area is 674 Å². The average molecular weight is 1500 g/mol. The summed E-state index contributed by atoms with van der Waals surface area (Å²) in [6.07, 6.45) is 11.1. The van der Waals surface area contributed by atoms with Crippen LogP contribution in [0.5, 0.6) is 0 Å². The van der Waals surface area contributed by atoms with E-state index in [0.717, 1.165) is 34.5 Å². The lowest BCUT2D eigenvalue weighted by atomic mass is 10.0. The van der Waals surface area contributed by atoms with E-state index in [1.54, 1.807) is 0 Å². The molecule has 3 aromatic heterocycles. The normalized spacial score (nSPS) is 16.7. The van der Waals surface area contributed by atoms with Crippen LogP contribution in [0.25, 0.3) is 0 Å². The molecule has 570 valence electrons. The van der Waals surface area contributed by atoms with Gasteiger partial charge in [0.1, 0.15) is 30.8 Å². The van der Waals surface area contributed by atoms with Gasteiger partial charge in [-0.05, 0) is 242 Å². The maximum Gasteiger partial charge on any atom is 0.158 e. The highest BCUT2D eigenvalue weighted by Crippen LogP contribution is 2.52. The molecule has 19 rings (SSSR count). The van der Waals surface area contributed by atoms with Crippen molar-refractivity contribution in [1.29, 1.82) is 0 Å². The fraction of sp³-hybridized carbons (Fsp3) is 0.178. The van der Waals surface area contributed by atoms with Crippen LogP contribution in [-0.4, -0.2) is 45.8 Å². The van der Waals surface area contributed by atoms with E-state index >= 15 is 0 Å². The number of benzene rings is 11. The minimum Gasteiger partial charge on any atom is -0.326 e. The molecule has 0 radical (unpaired) electrons. The summed E-state index contributed by atoms with van der Waals surface area (Å²) in [6, 6.07) is 114. The van der Waals surface area contributed by atoms with E-state index < -0.39 is 0 Å². The quantitative estimate of drug-likeness (QED) is 0.124. The first-order valence-corrected chi connectivity index (χ1v) is 39.8. The van der Waals surface area contributed by atoms with Gasteiger partial charge in [-0.15, -0.1) is 0 Å². The second-order valence-corrected chi connectivity index (χ2v) is 29.8. The number of hydrogen-bond donors (Lipinski definition) is 0. The maximum atomic E-state index is 4.88. The van der Waals surface area contributed by atoms with Crippen molar-refractivity contribution in [2.45, 2.75) is 120 Å². The van der Waals surface area contributed by atoms with Gasteiger partial charge in [-0.2, -0.15) is 0 Å². The first-order valence-electron chi connectivity index (χ1n) is 39.8. The van der Waals surface area contributed by atoms with Crippen molar-refractivity contribution >= 4 is 103 Å². The SMILES string of the molecule is Cc1ccccc1N1C=CN(c2ccccc2)[C@@H]1C.Cc1ccccc1N1c2cc(C(C)C)cnc2N(c2ccccc2)[C@@H]1C.Cc1ccccc1N1c2ccccc2N(c2ccccc2)[C@@H]1C.Cc1ccccc1N1c2cccnc2N(c2ccccc2)[C@@H]1C.Cc1ccccc1N1c2ncccc2N(c2ccccc2)[C@@H]1C. The largest absolute Gasteiger partial charge is 0.326 e. The summed E-state index contributed by atoms with van der Waals surface area (Å²) in [7, 11) is 0. The zero-order valence-electron chi connectivity index (χ0n) is 67.3. The van der Waals surface area contributed by atoms with Gasteiger partial charge in [-0.3, -0.25) is 0 Å². The number of nitrogens with zero attached hydrogens (tertiary/aromatic N) is 13. The van der Waals surface area contributed by atoms with E-state index in [0.29, 0.717) is 12.1 Å². The highest BCUT2D eigenvalue weighted by atomic mass is 15.5. The first-order chi connectivity index (χ1) is 55.7. The topological polar surface area (TPSA) is 71.1 Å². The molecular formula is C101H101N13. The number of rotatable bonds is 11.